The first kappa shape index (κ1) is 9.52. The van der Waals surface area contributed by atoms with Crippen LogP contribution >= 0.6 is 0 Å². The van der Waals surface area contributed by atoms with E-state index in [1.54, 1.807) is 7.11 Å². The molecule has 1 aliphatic carbocycles. The summed E-state index contributed by atoms with van der Waals surface area (Å²) in [6.07, 6.45) is 2.80. The van der Waals surface area contributed by atoms with E-state index in [-0.39, 0.29) is 17.9 Å². The Morgan fingerprint density at radius 1 is 1.50 bits per heavy atom. The van der Waals surface area contributed by atoms with Gasteiger partial charge in [-0.15, -0.1) is 0 Å². The highest BCUT2D eigenvalue weighted by molar-refractivity contribution is 5.70. The molecule has 70 valence electrons. The smallest absolute Gasteiger partial charge is 0.306 e. The van der Waals surface area contributed by atoms with Crippen molar-refractivity contribution in [3.63, 3.8) is 0 Å². The lowest BCUT2D eigenvalue weighted by atomic mass is 9.79. The minimum absolute atomic E-state index is 0.156. The molecule has 0 bridgehead atoms. The van der Waals surface area contributed by atoms with Gasteiger partial charge in [0.15, 0.2) is 0 Å². The molecule has 1 aliphatic rings. The summed E-state index contributed by atoms with van der Waals surface area (Å²) in [5, 5.41) is 8.83. The summed E-state index contributed by atoms with van der Waals surface area (Å²) in [6, 6.07) is 0. The van der Waals surface area contributed by atoms with Crippen LogP contribution < -0.4 is 0 Å². The molecule has 3 heteroatoms. The van der Waals surface area contributed by atoms with Crippen molar-refractivity contribution in [2.24, 2.45) is 11.8 Å². The van der Waals surface area contributed by atoms with E-state index < -0.39 is 5.97 Å². The van der Waals surface area contributed by atoms with Crippen LogP contribution in [-0.2, 0) is 9.53 Å². The van der Waals surface area contributed by atoms with Gasteiger partial charge in [0.05, 0.1) is 12.0 Å². The van der Waals surface area contributed by atoms with Crippen molar-refractivity contribution in [3.8, 4) is 0 Å². The molecular weight excluding hydrogens is 156 g/mol. The number of ether oxygens (including phenoxy) is 1. The Hall–Kier alpha value is -0.570. The molecule has 1 rings (SSSR count). The largest absolute Gasteiger partial charge is 0.481 e. The highest BCUT2D eigenvalue weighted by Crippen LogP contribution is 2.31. The Labute approximate surface area is 72.7 Å². The van der Waals surface area contributed by atoms with Crippen LogP contribution in [0.15, 0.2) is 0 Å². The van der Waals surface area contributed by atoms with E-state index in [1.165, 1.54) is 0 Å². The number of rotatable bonds is 2. The summed E-state index contributed by atoms with van der Waals surface area (Å²) >= 11 is 0. The maximum Gasteiger partial charge on any atom is 0.306 e. The van der Waals surface area contributed by atoms with Crippen LogP contribution in [-0.4, -0.2) is 24.3 Å². The highest BCUT2D eigenvalue weighted by atomic mass is 16.5. The molecule has 0 saturated heterocycles. The van der Waals surface area contributed by atoms with Crippen molar-refractivity contribution in [2.75, 3.05) is 7.11 Å². The minimum atomic E-state index is -0.656. The predicted molar refractivity (Wildman–Crippen MR) is 44.9 cm³/mol. The van der Waals surface area contributed by atoms with Crippen LogP contribution in [0.2, 0.25) is 0 Å². The summed E-state index contributed by atoms with van der Waals surface area (Å²) in [4.78, 5) is 10.7. The molecule has 3 nitrogen and oxygen atoms in total. The lowest BCUT2D eigenvalue weighted by Gasteiger charge is -2.30. The van der Waals surface area contributed by atoms with Crippen molar-refractivity contribution >= 4 is 5.97 Å². The zero-order valence-corrected chi connectivity index (χ0v) is 7.62. The molecule has 0 heterocycles. The van der Waals surface area contributed by atoms with E-state index in [0.29, 0.717) is 0 Å². The van der Waals surface area contributed by atoms with Crippen LogP contribution in [0.3, 0.4) is 0 Å². The third kappa shape index (κ3) is 1.97. The number of hydrogen-bond donors (Lipinski definition) is 1. The van der Waals surface area contributed by atoms with E-state index in [2.05, 4.69) is 0 Å². The molecule has 2 unspecified atom stereocenters. The van der Waals surface area contributed by atoms with Crippen LogP contribution in [0.1, 0.15) is 26.2 Å². The Morgan fingerprint density at radius 3 is 2.58 bits per heavy atom. The summed E-state index contributed by atoms with van der Waals surface area (Å²) in [5.41, 5.74) is 0. The van der Waals surface area contributed by atoms with Gasteiger partial charge in [-0.25, -0.2) is 0 Å². The molecule has 0 spiro atoms. The number of carboxylic acid groups (broad SMARTS) is 1. The Balaban J connectivity index is 2.47. The van der Waals surface area contributed by atoms with Gasteiger partial charge in [-0.1, -0.05) is 6.92 Å². The quantitative estimate of drug-likeness (QED) is 0.687. The van der Waals surface area contributed by atoms with Gasteiger partial charge in [-0.3, -0.25) is 4.79 Å². The zero-order chi connectivity index (χ0) is 9.14. The van der Waals surface area contributed by atoms with Gasteiger partial charge in [0.1, 0.15) is 0 Å². The maximum absolute atomic E-state index is 10.7. The fourth-order valence-electron chi connectivity index (χ4n) is 1.93. The monoisotopic (exact) mass is 172 g/mol. The third-order valence-corrected chi connectivity index (χ3v) is 2.77. The first-order valence-electron chi connectivity index (χ1n) is 4.40. The summed E-state index contributed by atoms with van der Waals surface area (Å²) in [5.74, 6) is -0.561. The van der Waals surface area contributed by atoms with Crippen molar-refractivity contribution < 1.29 is 14.6 Å². The molecule has 0 aromatic heterocycles. The van der Waals surface area contributed by atoms with Crippen LogP contribution in [0.5, 0.6) is 0 Å². The number of hydrogen-bond acceptors (Lipinski definition) is 2. The van der Waals surface area contributed by atoms with Crippen molar-refractivity contribution in [1.29, 1.82) is 0 Å². The molecule has 0 aromatic rings. The average molecular weight is 172 g/mol. The van der Waals surface area contributed by atoms with E-state index >= 15 is 0 Å². The molecule has 3 atom stereocenters. The molecule has 1 saturated carbocycles. The topological polar surface area (TPSA) is 46.5 Å². The predicted octanol–water partition coefficient (Wildman–Crippen LogP) is 1.52. The first-order chi connectivity index (χ1) is 5.65. The molecule has 1 fully saturated rings. The minimum Gasteiger partial charge on any atom is -0.481 e. The fraction of sp³-hybridized carbons (Fsp3) is 0.889. The highest BCUT2D eigenvalue weighted by Gasteiger charge is 2.31. The second-order valence-electron chi connectivity index (χ2n) is 3.59. The summed E-state index contributed by atoms with van der Waals surface area (Å²) in [7, 11) is 1.69. The third-order valence-electron chi connectivity index (χ3n) is 2.77. The summed E-state index contributed by atoms with van der Waals surface area (Å²) < 4.78 is 5.20. The number of carboxylic acids is 1. The van der Waals surface area contributed by atoms with Crippen LogP contribution in [0.25, 0.3) is 0 Å². The second kappa shape index (κ2) is 3.90. The van der Waals surface area contributed by atoms with Crippen molar-refractivity contribution in [1.82, 2.24) is 0 Å². The molecule has 0 radical (unpaired) electrons. The SMILES string of the molecule is CO[C@@H]1CCC(C(=O)O)C(C)C1. The second-order valence-corrected chi connectivity index (χ2v) is 3.59. The van der Waals surface area contributed by atoms with Gasteiger partial charge >= 0.3 is 5.97 Å². The Bertz CT molecular complexity index is 167. The van der Waals surface area contributed by atoms with Gasteiger partial charge in [0, 0.05) is 7.11 Å². The van der Waals surface area contributed by atoms with Gasteiger partial charge in [0.25, 0.3) is 0 Å². The Kier molecular flexibility index (Phi) is 3.09. The molecule has 1 N–H and O–H groups in total. The lowest BCUT2D eigenvalue weighted by Crippen LogP contribution is -2.31. The lowest BCUT2D eigenvalue weighted by molar-refractivity contribution is -0.145. The molecule has 0 aliphatic heterocycles. The molecule has 12 heavy (non-hydrogen) atoms. The van der Waals surface area contributed by atoms with Gasteiger partial charge in [-0.05, 0) is 25.2 Å². The molecular formula is C9H16O3. The first-order valence-corrected chi connectivity index (χ1v) is 4.40. The fourth-order valence-corrected chi connectivity index (χ4v) is 1.93. The van der Waals surface area contributed by atoms with E-state index in [0.717, 1.165) is 19.3 Å². The Morgan fingerprint density at radius 2 is 2.17 bits per heavy atom. The van der Waals surface area contributed by atoms with Crippen molar-refractivity contribution in [2.45, 2.75) is 32.3 Å². The average Bonchev–Trinajstić information content (AvgIpc) is 2.03. The number of aliphatic carboxylic acids is 1. The van der Waals surface area contributed by atoms with E-state index in [1.807, 2.05) is 6.92 Å². The van der Waals surface area contributed by atoms with Gasteiger partial charge < -0.3 is 9.84 Å². The summed E-state index contributed by atoms with van der Waals surface area (Å²) in [6.45, 7) is 1.99. The van der Waals surface area contributed by atoms with Crippen molar-refractivity contribution in [3.05, 3.63) is 0 Å². The normalized spacial score (nSPS) is 36.3. The molecule has 0 aromatic carbocycles. The van der Waals surface area contributed by atoms with Gasteiger partial charge in [-0.2, -0.15) is 0 Å². The molecule has 0 amide bonds. The standard InChI is InChI=1S/C9H16O3/c1-6-5-7(12-2)3-4-8(6)9(10)11/h6-8H,3-5H2,1-2H3,(H,10,11)/t6?,7-,8?/m1/s1. The number of carbonyl (C=O) groups is 1. The number of methoxy groups -OCH3 is 1. The maximum atomic E-state index is 10.7. The zero-order valence-electron chi connectivity index (χ0n) is 7.62. The van der Waals surface area contributed by atoms with Crippen LogP contribution in [0, 0.1) is 11.8 Å². The van der Waals surface area contributed by atoms with Crippen LogP contribution in [0.4, 0.5) is 0 Å². The van der Waals surface area contributed by atoms with E-state index in [9.17, 15) is 4.79 Å². The van der Waals surface area contributed by atoms with Gasteiger partial charge in [0.2, 0.25) is 0 Å². The van der Waals surface area contributed by atoms with E-state index in [4.69, 9.17) is 9.84 Å².